The van der Waals surface area contributed by atoms with Gasteiger partial charge in [0.2, 0.25) is 0 Å². The van der Waals surface area contributed by atoms with E-state index in [2.05, 4.69) is 73.3 Å². The first kappa shape index (κ1) is 14.4. The summed E-state index contributed by atoms with van der Waals surface area (Å²) in [4.78, 5) is 0. The van der Waals surface area contributed by atoms with Crippen molar-refractivity contribution in [3.05, 3.63) is 59.4 Å². The normalized spacial score (nSPS) is 19.1. The molecule has 0 bridgehead atoms. The van der Waals surface area contributed by atoms with Crippen molar-refractivity contribution < 1.29 is 0 Å². The lowest BCUT2D eigenvalue weighted by Gasteiger charge is -2.21. The molecule has 1 aliphatic heterocycles. The van der Waals surface area contributed by atoms with Gasteiger partial charge in [0.1, 0.15) is 0 Å². The molecule has 3 rings (SSSR count). The minimum Gasteiger partial charge on any atom is -0.350 e. The Morgan fingerprint density at radius 3 is 2.62 bits per heavy atom. The number of hydrogen-bond acceptors (Lipinski definition) is 1. The van der Waals surface area contributed by atoms with E-state index < -0.39 is 0 Å². The molecule has 2 aromatic rings. The van der Waals surface area contributed by atoms with Crippen molar-refractivity contribution in [3.63, 3.8) is 0 Å². The molecule has 1 atom stereocenters. The summed E-state index contributed by atoms with van der Waals surface area (Å²) in [6, 6.07) is 14.0. The average Bonchev–Trinajstić information content (AvgIpc) is 2.83. The van der Waals surface area contributed by atoms with Crippen molar-refractivity contribution in [1.29, 1.82) is 0 Å². The van der Waals surface area contributed by atoms with E-state index in [9.17, 15) is 0 Å². The van der Waals surface area contributed by atoms with Crippen molar-refractivity contribution in [2.45, 2.75) is 51.6 Å². The van der Waals surface area contributed by atoms with Crippen LogP contribution in [0.25, 0.3) is 0 Å². The number of benzene rings is 1. The summed E-state index contributed by atoms with van der Waals surface area (Å²) in [6.07, 6.45) is 4.48. The van der Waals surface area contributed by atoms with Gasteiger partial charge in [0.15, 0.2) is 0 Å². The van der Waals surface area contributed by atoms with Gasteiger partial charge < -0.3 is 9.88 Å². The molecule has 1 aromatic heterocycles. The molecule has 112 valence electrons. The molecule has 0 aliphatic carbocycles. The Labute approximate surface area is 128 Å². The van der Waals surface area contributed by atoms with Gasteiger partial charge in [-0.2, -0.15) is 0 Å². The van der Waals surface area contributed by atoms with Crippen molar-refractivity contribution in [2.75, 3.05) is 6.54 Å². The summed E-state index contributed by atoms with van der Waals surface area (Å²) < 4.78 is 2.40. The van der Waals surface area contributed by atoms with Crippen LogP contribution >= 0.6 is 0 Å². The summed E-state index contributed by atoms with van der Waals surface area (Å²) in [6.45, 7) is 9.03. The van der Waals surface area contributed by atoms with Crippen molar-refractivity contribution in [3.8, 4) is 0 Å². The Kier molecular flexibility index (Phi) is 3.90. The predicted molar refractivity (Wildman–Crippen MR) is 88.6 cm³/mol. The smallest absolute Gasteiger partial charge is 0.0515 e. The highest BCUT2D eigenvalue weighted by Crippen LogP contribution is 2.25. The second-order valence-electron chi connectivity index (χ2n) is 7.14. The maximum Gasteiger partial charge on any atom is 0.0515 e. The van der Waals surface area contributed by atoms with Gasteiger partial charge in [-0.1, -0.05) is 45.0 Å². The number of aryl methyl sites for hydroxylation is 1. The molecule has 1 unspecified atom stereocenters. The molecule has 2 nitrogen and oxygen atoms in total. The zero-order valence-electron chi connectivity index (χ0n) is 13.4. The minimum atomic E-state index is 0.230. The number of hydrogen-bond donors (Lipinski definition) is 1. The second-order valence-corrected chi connectivity index (χ2v) is 7.14. The molecule has 2 heteroatoms. The molecule has 0 saturated carbocycles. The summed E-state index contributed by atoms with van der Waals surface area (Å²) in [5.41, 5.74) is 4.47. The third-order valence-electron chi connectivity index (χ3n) is 4.45. The number of rotatable bonds is 2. The van der Waals surface area contributed by atoms with Crippen LogP contribution in [0.3, 0.4) is 0 Å². The Balaban J connectivity index is 1.78. The molecular weight excluding hydrogens is 256 g/mol. The van der Waals surface area contributed by atoms with E-state index in [-0.39, 0.29) is 5.41 Å². The number of nitrogens with zero attached hydrogens (tertiary/aromatic N) is 1. The van der Waals surface area contributed by atoms with E-state index in [1.54, 1.807) is 0 Å². The standard InChI is InChI=1S/C19H26N2/c1-19(2,3)16-9-7-15(8-10-16)14-17-18-6-4-12-21(18)13-5-11-20-17/h4,6-10,12,17,20H,5,11,13-14H2,1-3H3. The quantitative estimate of drug-likeness (QED) is 0.879. The number of nitrogens with one attached hydrogen (secondary N) is 1. The van der Waals surface area contributed by atoms with E-state index in [1.165, 1.54) is 23.2 Å². The summed E-state index contributed by atoms with van der Waals surface area (Å²) in [5, 5.41) is 3.70. The van der Waals surface area contributed by atoms with E-state index in [0.717, 1.165) is 19.5 Å². The molecule has 2 heterocycles. The monoisotopic (exact) mass is 282 g/mol. The highest BCUT2D eigenvalue weighted by atomic mass is 15.1. The maximum absolute atomic E-state index is 3.70. The van der Waals surface area contributed by atoms with Gasteiger partial charge in [-0.05, 0) is 48.1 Å². The van der Waals surface area contributed by atoms with E-state index in [1.807, 2.05) is 0 Å². The SMILES string of the molecule is CC(C)(C)c1ccc(CC2NCCCn3cccc32)cc1. The zero-order chi connectivity index (χ0) is 14.9. The molecule has 0 amide bonds. The van der Waals surface area contributed by atoms with Crippen LogP contribution in [0.1, 0.15) is 50.1 Å². The third-order valence-corrected chi connectivity index (χ3v) is 4.45. The van der Waals surface area contributed by atoms with Crippen molar-refractivity contribution in [1.82, 2.24) is 9.88 Å². The van der Waals surface area contributed by atoms with Crippen LogP contribution in [0, 0.1) is 0 Å². The Hall–Kier alpha value is -1.54. The van der Waals surface area contributed by atoms with Crippen molar-refractivity contribution in [2.24, 2.45) is 0 Å². The van der Waals surface area contributed by atoms with Crippen molar-refractivity contribution >= 4 is 0 Å². The first-order valence-electron chi connectivity index (χ1n) is 8.02. The first-order valence-corrected chi connectivity index (χ1v) is 8.02. The predicted octanol–water partition coefficient (Wildman–Crippen LogP) is 4.06. The fourth-order valence-electron chi connectivity index (χ4n) is 3.13. The molecule has 1 aliphatic rings. The molecular formula is C19H26N2. The van der Waals surface area contributed by atoms with Crippen LogP contribution in [0.15, 0.2) is 42.6 Å². The molecule has 21 heavy (non-hydrogen) atoms. The van der Waals surface area contributed by atoms with E-state index in [4.69, 9.17) is 0 Å². The van der Waals surface area contributed by atoms with Gasteiger partial charge in [-0.3, -0.25) is 0 Å². The van der Waals surface area contributed by atoms with Gasteiger partial charge in [0.25, 0.3) is 0 Å². The van der Waals surface area contributed by atoms with Crippen LogP contribution in [-0.2, 0) is 18.4 Å². The Bertz CT molecular complexity index is 587. The van der Waals surface area contributed by atoms with Crippen LogP contribution < -0.4 is 5.32 Å². The molecule has 0 fully saturated rings. The highest BCUT2D eigenvalue weighted by Gasteiger charge is 2.19. The van der Waals surface area contributed by atoms with Crippen LogP contribution in [0.4, 0.5) is 0 Å². The van der Waals surface area contributed by atoms with Gasteiger partial charge >= 0.3 is 0 Å². The topological polar surface area (TPSA) is 17.0 Å². The number of aromatic nitrogens is 1. The van der Waals surface area contributed by atoms with Crippen LogP contribution in [-0.4, -0.2) is 11.1 Å². The largest absolute Gasteiger partial charge is 0.350 e. The highest BCUT2D eigenvalue weighted by molar-refractivity contribution is 5.29. The second kappa shape index (κ2) is 5.69. The fourth-order valence-corrected chi connectivity index (χ4v) is 3.13. The maximum atomic E-state index is 3.70. The van der Waals surface area contributed by atoms with E-state index >= 15 is 0 Å². The van der Waals surface area contributed by atoms with Crippen LogP contribution in [0.5, 0.6) is 0 Å². The Morgan fingerprint density at radius 2 is 1.90 bits per heavy atom. The van der Waals surface area contributed by atoms with Gasteiger partial charge in [-0.25, -0.2) is 0 Å². The lowest BCUT2D eigenvalue weighted by molar-refractivity contribution is 0.537. The lowest BCUT2D eigenvalue weighted by atomic mass is 9.86. The summed E-state index contributed by atoms with van der Waals surface area (Å²) >= 11 is 0. The molecule has 1 N–H and O–H groups in total. The first-order chi connectivity index (χ1) is 10.0. The summed E-state index contributed by atoms with van der Waals surface area (Å²) in [7, 11) is 0. The molecule has 0 spiro atoms. The fraction of sp³-hybridized carbons (Fsp3) is 0.474. The molecule has 0 saturated heterocycles. The Morgan fingerprint density at radius 1 is 1.14 bits per heavy atom. The minimum absolute atomic E-state index is 0.230. The lowest BCUT2D eigenvalue weighted by Crippen LogP contribution is -2.23. The number of fused-ring (bicyclic) bond motifs is 1. The zero-order valence-corrected chi connectivity index (χ0v) is 13.4. The third kappa shape index (κ3) is 3.21. The summed E-state index contributed by atoms with van der Waals surface area (Å²) in [5.74, 6) is 0. The average molecular weight is 282 g/mol. The van der Waals surface area contributed by atoms with Gasteiger partial charge in [0, 0.05) is 18.4 Å². The molecule has 1 aromatic carbocycles. The van der Waals surface area contributed by atoms with Gasteiger partial charge in [-0.15, -0.1) is 0 Å². The van der Waals surface area contributed by atoms with Crippen LogP contribution in [0.2, 0.25) is 0 Å². The molecule has 0 radical (unpaired) electrons. The van der Waals surface area contributed by atoms with E-state index in [0.29, 0.717) is 6.04 Å². The van der Waals surface area contributed by atoms with Gasteiger partial charge in [0.05, 0.1) is 6.04 Å².